The van der Waals surface area contributed by atoms with Gasteiger partial charge in [-0.25, -0.2) is 0 Å². The summed E-state index contributed by atoms with van der Waals surface area (Å²) < 4.78 is 5.29. The van der Waals surface area contributed by atoms with Gasteiger partial charge in [0.1, 0.15) is 6.04 Å². The van der Waals surface area contributed by atoms with Crippen molar-refractivity contribution in [2.75, 3.05) is 6.61 Å². The summed E-state index contributed by atoms with van der Waals surface area (Å²) in [6.45, 7) is 3.14. The van der Waals surface area contributed by atoms with E-state index < -0.39 is 0 Å². The lowest BCUT2D eigenvalue weighted by molar-refractivity contribution is -0.154. The zero-order valence-corrected chi connectivity index (χ0v) is 11.9. The Morgan fingerprint density at radius 1 is 1.25 bits per heavy atom. The number of esters is 1. The van der Waals surface area contributed by atoms with Gasteiger partial charge in [-0.05, 0) is 25.3 Å². The predicted octanol–water partition coefficient (Wildman–Crippen LogP) is 2.77. The summed E-state index contributed by atoms with van der Waals surface area (Å²) in [7, 11) is 0. The summed E-state index contributed by atoms with van der Waals surface area (Å²) in [5.41, 5.74) is 1.25. The highest BCUT2D eigenvalue weighted by atomic mass is 16.5. The van der Waals surface area contributed by atoms with Crippen LogP contribution in [0.2, 0.25) is 0 Å². The van der Waals surface area contributed by atoms with E-state index in [2.05, 4.69) is 29.2 Å². The summed E-state index contributed by atoms with van der Waals surface area (Å²) in [5.74, 6) is 0.241. The average Bonchev–Trinajstić information content (AvgIpc) is 2.49. The minimum atomic E-state index is -0.112. The number of benzene rings is 1. The van der Waals surface area contributed by atoms with Gasteiger partial charge in [0.2, 0.25) is 0 Å². The van der Waals surface area contributed by atoms with Gasteiger partial charge in [0.15, 0.2) is 0 Å². The first kappa shape index (κ1) is 13.4. The molecule has 3 atom stereocenters. The minimum absolute atomic E-state index is 0.0671. The van der Waals surface area contributed by atoms with Crippen LogP contribution < -0.4 is 0 Å². The monoisotopic (exact) mass is 271 g/mol. The maximum atomic E-state index is 12.3. The number of rotatable bonds is 4. The summed E-state index contributed by atoms with van der Waals surface area (Å²) in [5, 5.41) is 0. The Balaban J connectivity index is 1.82. The number of nitrogens with zero attached hydrogens (tertiary/aromatic N) is 1. The zero-order valence-electron chi connectivity index (χ0n) is 11.9. The van der Waals surface area contributed by atoms with E-state index in [-0.39, 0.29) is 12.0 Å². The SMILES string of the molecule is CCOC(=O)[C@@H]1C2C=CC(CC2)N1Cc1ccccc1. The van der Waals surface area contributed by atoms with Crippen LogP contribution in [0.1, 0.15) is 25.3 Å². The molecule has 0 spiro atoms. The molecule has 2 unspecified atom stereocenters. The Morgan fingerprint density at radius 3 is 2.70 bits per heavy atom. The summed E-state index contributed by atoms with van der Waals surface area (Å²) in [4.78, 5) is 14.6. The minimum Gasteiger partial charge on any atom is -0.465 e. The lowest BCUT2D eigenvalue weighted by atomic mass is 9.79. The highest BCUT2D eigenvalue weighted by molar-refractivity contribution is 5.77. The van der Waals surface area contributed by atoms with Crippen molar-refractivity contribution in [1.82, 2.24) is 4.90 Å². The molecule has 2 aliphatic heterocycles. The van der Waals surface area contributed by atoms with Gasteiger partial charge in [0.25, 0.3) is 0 Å². The number of fused-ring (bicyclic) bond motifs is 2. The fourth-order valence-electron chi connectivity index (χ4n) is 3.37. The number of carbonyl (C=O) groups is 1. The molecular weight excluding hydrogens is 250 g/mol. The van der Waals surface area contributed by atoms with Gasteiger partial charge in [-0.15, -0.1) is 0 Å². The average molecular weight is 271 g/mol. The molecule has 20 heavy (non-hydrogen) atoms. The molecule has 1 aromatic rings. The zero-order chi connectivity index (χ0) is 13.9. The van der Waals surface area contributed by atoms with Crippen LogP contribution in [0.25, 0.3) is 0 Å². The highest BCUT2D eigenvalue weighted by Gasteiger charge is 2.43. The van der Waals surface area contributed by atoms with Crippen molar-refractivity contribution >= 4 is 5.97 Å². The van der Waals surface area contributed by atoms with E-state index in [0.29, 0.717) is 18.6 Å². The molecule has 0 amide bonds. The Bertz CT molecular complexity index is 497. The van der Waals surface area contributed by atoms with Crippen molar-refractivity contribution in [3.05, 3.63) is 48.0 Å². The molecule has 4 rings (SSSR count). The van der Waals surface area contributed by atoms with E-state index in [1.165, 1.54) is 5.56 Å². The molecule has 1 fully saturated rings. The number of carbonyl (C=O) groups excluding carboxylic acids is 1. The molecule has 2 heterocycles. The van der Waals surface area contributed by atoms with Crippen LogP contribution >= 0.6 is 0 Å². The number of piperidine rings is 1. The van der Waals surface area contributed by atoms with Crippen molar-refractivity contribution in [2.45, 2.75) is 38.4 Å². The van der Waals surface area contributed by atoms with Crippen molar-refractivity contribution in [3.63, 3.8) is 0 Å². The first-order chi connectivity index (χ1) is 9.79. The van der Waals surface area contributed by atoms with Crippen molar-refractivity contribution in [1.29, 1.82) is 0 Å². The Morgan fingerprint density at radius 2 is 2.05 bits per heavy atom. The summed E-state index contributed by atoms with van der Waals surface area (Å²) >= 11 is 0. The largest absolute Gasteiger partial charge is 0.465 e. The van der Waals surface area contributed by atoms with E-state index in [0.717, 1.165) is 19.4 Å². The third kappa shape index (κ3) is 2.50. The van der Waals surface area contributed by atoms with Gasteiger partial charge < -0.3 is 4.74 Å². The molecule has 3 aliphatic rings. The highest BCUT2D eigenvalue weighted by Crippen LogP contribution is 2.36. The summed E-state index contributed by atoms with van der Waals surface area (Å²) in [6, 6.07) is 10.6. The first-order valence-corrected chi connectivity index (χ1v) is 7.44. The molecular formula is C17H21NO2. The van der Waals surface area contributed by atoms with E-state index >= 15 is 0 Å². The predicted molar refractivity (Wildman–Crippen MR) is 78.1 cm³/mol. The Kier molecular flexibility index (Phi) is 3.88. The number of hydrogen-bond donors (Lipinski definition) is 0. The molecule has 2 bridgehead atoms. The summed E-state index contributed by atoms with van der Waals surface area (Å²) in [6.07, 6.45) is 6.70. The van der Waals surface area contributed by atoms with Crippen molar-refractivity contribution in [2.24, 2.45) is 5.92 Å². The van der Waals surface area contributed by atoms with Crippen LogP contribution in [0.15, 0.2) is 42.5 Å². The fraction of sp³-hybridized carbons (Fsp3) is 0.471. The van der Waals surface area contributed by atoms with E-state index in [9.17, 15) is 4.79 Å². The van der Waals surface area contributed by atoms with Gasteiger partial charge in [-0.2, -0.15) is 0 Å². The van der Waals surface area contributed by atoms with Gasteiger partial charge >= 0.3 is 5.97 Å². The first-order valence-electron chi connectivity index (χ1n) is 7.44. The van der Waals surface area contributed by atoms with Crippen LogP contribution in [0.4, 0.5) is 0 Å². The van der Waals surface area contributed by atoms with Crippen LogP contribution in [0.5, 0.6) is 0 Å². The topological polar surface area (TPSA) is 29.5 Å². The van der Waals surface area contributed by atoms with Gasteiger partial charge in [0, 0.05) is 18.5 Å². The molecule has 1 saturated heterocycles. The second-order valence-electron chi connectivity index (χ2n) is 5.55. The molecule has 0 aromatic heterocycles. The third-order valence-corrected chi connectivity index (χ3v) is 4.30. The Hall–Kier alpha value is -1.61. The van der Waals surface area contributed by atoms with Crippen molar-refractivity contribution in [3.8, 4) is 0 Å². The maximum Gasteiger partial charge on any atom is 0.323 e. The molecule has 0 saturated carbocycles. The van der Waals surface area contributed by atoms with Crippen LogP contribution in [0.3, 0.4) is 0 Å². The van der Waals surface area contributed by atoms with Gasteiger partial charge in [-0.1, -0.05) is 42.5 Å². The molecule has 0 radical (unpaired) electrons. The Labute approximate surface area is 120 Å². The standard InChI is InChI=1S/C17H21NO2/c1-2-20-17(19)16-14-8-10-15(11-9-14)18(16)12-13-6-4-3-5-7-13/h3-8,10,14-16H,2,9,11-12H2,1H3/t14?,15?,16-/m0/s1. The second-order valence-corrected chi connectivity index (χ2v) is 5.55. The number of hydrogen-bond acceptors (Lipinski definition) is 3. The van der Waals surface area contributed by atoms with Gasteiger partial charge in [-0.3, -0.25) is 9.69 Å². The molecule has 3 heteroatoms. The lowest BCUT2D eigenvalue weighted by Gasteiger charge is -2.46. The smallest absolute Gasteiger partial charge is 0.323 e. The van der Waals surface area contributed by atoms with E-state index in [1.54, 1.807) is 0 Å². The van der Waals surface area contributed by atoms with Gasteiger partial charge in [0.05, 0.1) is 6.61 Å². The van der Waals surface area contributed by atoms with E-state index in [1.807, 2.05) is 25.1 Å². The molecule has 3 nitrogen and oxygen atoms in total. The number of ether oxygens (including phenoxy) is 1. The fourth-order valence-corrected chi connectivity index (χ4v) is 3.37. The molecule has 106 valence electrons. The van der Waals surface area contributed by atoms with Crippen molar-refractivity contribution < 1.29 is 9.53 Å². The van der Waals surface area contributed by atoms with Crippen LogP contribution in [0, 0.1) is 5.92 Å². The van der Waals surface area contributed by atoms with Crippen LogP contribution in [-0.2, 0) is 16.1 Å². The normalized spacial score (nSPS) is 28.6. The third-order valence-electron chi connectivity index (χ3n) is 4.30. The molecule has 1 aliphatic carbocycles. The molecule has 0 N–H and O–H groups in total. The lowest BCUT2D eigenvalue weighted by Crippen LogP contribution is -2.56. The second kappa shape index (κ2) is 5.80. The molecule has 1 aromatic carbocycles. The maximum absolute atomic E-state index is 12.3. The van der Waals surface area contributed by atoms with E-state index in [4.69, 9.17) is 4.74 Å². The van der Waals surface area contributed by atoms with Crippen LogP contribution in [-0.4, -0.2) is 29.6 Å². The quantitative estimate of drug-likeness (QED) is 0.623.